The van der Waals surface area contributed by atoms with Crippen LogP contribution in [0, 0.1) is 0 Å². The molecular formula is C20H22N4O2S. The van der Waals surface area contributed by atoms with E-state index in [9.17, 15) is 4.79 Å². The van der Waals surface area contributed by atoms with Gasteiger partial charge in [0.25, 0.3) is 5.91 Å². The minimum atomic E-state index is -0.223. The summed E-state index contributed by atoms with van der Waals surface area (Å²) in [6.07, 6.45) is 0.922. The second-order valence-electron chi connectivity index (χ2n) is 6.69. The number of nitrogens with one attached hydrogen (secondary N) is 1. The first kappa shape index (κ1) is 17.8. The van der Waals surface area contributed by atoms with Crippen LogP contribution in [-0.4, -0.2) is 36.0 Å². The highest BCUT2D eigenvalue weighted by Crippen LogP contribution is 2.35. The van der Waals surface area contributed by atoms with Gasteiger partial charge in [-0.05, 0) is 37.7 Å². The van der Waals surface area contributed by atoms with E-state index in [-0.39, 0.29) is 5.91 Å². The highest BCUT2D eigenvalue weighted by atomic mass is 32.1. The molecule has 6 nitrogen and oxygen atoms in total. The van der Waals surface area contributed by atoms with E-state index in [4.69, 9.17) is 15.5 Å². The number of aromatic nitrogens is 1. The molecule has 2 aromatic heterocycles. The van der Waals surface area contributed by atoms with E-state index in [1.807, 2.05) is 25.1 Å². The molecule has 0 atom stereocenters. The number of amides is 1. The molecule has 27 heavy (non-hydrogen) atoms. The lowest BCUT2D eigenvalue weighted by atomic mass is 10.0. The number of thiophene rings is 1. The maximum absolute atomic E-state index is 12.8. The number of fused-ring (bicyclic) bond motifs is 2. The third-order valence-corrected chi connectivity index (χ3v) is 5.78. The highest BCUT2D eigenvalue weighted by Gasteiger charge is 2.21. The molecule has 0 saturated heterocycles. The lowest BCUT2D eigenvalue weighted by molar-refractivity contribution is 0.103. The predicted molar refractivity (Wildman–Crippen MR) is 110 cm³/mol. The Labute approximate surface area is 162 Å². The fourth-order valence-electron chi connectivity index (χ4n) is 3.33. The largest absolute Gasteiger partial charge is 0.494 e. The maximum atomic E-state index is 12.8. The van der Waals surface area contributed by atoms with Crippen LogP contribution in [0.3, 0.4) is 0 Å². The van der Waals surface area contributed by atoms with Crippen molar-refractivity contribution in [2.24, 2.45) is 0 Å². The van der Waals surface area contributed by atoms with Gasteiger partial charge in [0.1, 0.15) is 15.5 Å². The number of hydrogen-bond donors (Lipinski definition) is 2. The van der Waals surface area contributed by atoms with Gasteiger partial charge in [0.2, 0.25) is 0 Å². The summed E-state index contributed by atoms with van der Waals surface area (Å²) in [6, 6.07) is 9.43. The maximum Gasteiger partial charge on any atom is 0.267 e. The lowest BCUT2D eigenvalue weighted by Gasteiger charge is -2.24. The molecule has 0 saturated carbocycles. The van der Waals surface area contributed by atoms with Crippen LogP contribution < -0.4 is 15.8 Å². The average Bonchev–Trinajstić information content (AvgIpc) is 2.96. The summed E-state index contributed by atoms with van der Waals surface area (Å²) < 4.78 is 5.48. The van der Waals surface area contributed by atoms with E-state index in [0.717, 1.165) is 41.2 Å². The van der Waals surface area contributed by atoms with Crippen LogP contribution in [0.15, 0.2) is 30.3 Å². The summed E-state index contributed by atoms with van der Waals surface area (Å²) in [5.74, 6) is 0.498. The monoisotopic (exact) mass is 382 g/mol. The summed E-state index contributed by atoms with van der Waals surface area (Å²) in [5, 5.41) is 3.77. The fraction of sp³-hybridized carbons (Fsp3) is 0.300. The number of benzene rings is 1. The third-order valence-electron chi connectivity index (χ3n) is 4.67. The van der Waals surface area contributed by atoms with Gasteiger partial charge in [-0.25, -0.2) is 4.98 Å². The van der Waals surface area contributed by atoms with Gasteiger partial charge in [-0.2, -0.15) is 0 Å². The molecule has 7 heteroatoms. The zero-order valence-electron chi connectivity index (χ0n) is 15.4. The second-order valence-corrected chi connectivity index (χ2v) is 7.69. The smallest absolute Gasteiger partial charge is 0.267 e. The number of carbonyl (C=O) groups is 1. The van der Waals surface area contributed by atoms with Crippen LogP contribution in [0.1, 0.15) is 27.9 Å². The van der Waals surface area contributed by atoms with Gasteiger partial charge in [-0.1, -0.05) is 6.07 Å². The molecule has 0 aliphatic carbocycles. The lowest BCUT2D eigenvalue weighted by Crippen LogP contribution is -2.27. The van der Waals surface area contributed by atoms with E-state index >= 15 is 0 Å². The summed E-state index contributed by atoms with van der Waals surface area (Å²) in [5.41, 5.74) is 9.79. The van der Waals surface area contributed by atoms with Crippen molar-refractivity contribution in [3.05, 3.63) is 46.5 Å². The van der Waals surface area contributed by atoms with Crippen molar-refractivity contribution < 1.29 is 9.53 Å². The molecule has 0 radical (unpaired) electrons. The molecule has 0 bridgehead atoms. The van der Waals surface area contributed by atoms with Gasteiger partial charge in [0, 0.05) is 42.3 Å². The molecule has 3 heterocycles. The normalized spacial score (nSPS) is 14.1. The van der Waals surface area contributed by atoms with Gasteiger partial charge in [-0.3, -0.25) is 4.79 Å². The Kier molecular flexibility index (Phi) is 4.72. The minimum absolute atomic E-state index is 0.223. The standard InChI is InChI=1S/C20H22N4O2S/c1-3-26-14-6-4-5-13(10-14)22-19(25)18-17(21)15-9-12-11-24(2)8-7-16(12)23-20(15)27-18/h4-6,9-10H,3,7-8,11,21H2,1-2H3,(H,22,25). The van der Waals surface area contributed by atoms with Crippen molar-refractivity contribution in [1.82, 2.24) is 9.88 Å². The summed E-state index contributed by atoms with van der Waals surface area (Å²) in [4.78, 5) is 21.1. The molecular weight excluding hydrogens is 360 g/mol. The van der Waals surface area contributed by atoms with Crippen LogP contribution in [0.25, 0.3) is 10.2 Å². The number of anilines is 2. The van der Waals surface area contributed by atoms with Crippen molar-refractivity contribution in [3.8, 4) is 5.75 Å². The van der Waals surface area contributed by atoms with Crippen molar-refractivity contribution in [3.63, 3.8) is 0 Å². The molecule has 0 fully saturated rings. The van der Waals surface area contributed by atoms with E-state index in [1.165, 1.54) is 16.9 Å². The molecule has 0 spiro atoms. The predicted octanol–water partition coefficient (Wildman–Crippen LogP) is 3.52. The molecule has 140 valence electrons. The highest BCUT2D eigenvalue weighted by molar-refractivity contribution is 7.21. The van der Waals surface area contributed by atoms with Crippen molar-refractivity contribution in [2.75, 3.05) is 31.2 Å². The Morgan fingerprint density at radius 3 is 3.07 bits per heavy atom. The number of nitrogen functional groups attached to an aromatic ring is 1. The number of ether oxygens (including phenoxy) is 1. The van der Waals surface area contributed by atoms with E-state index in [1.54, 1.807) is 6.07 Å². The first-order valence-electron chi connectivity index (χ1n) is 8.98. The van der Waals surface area contributed by atoms with Gasteiger partial charge < -0.3 is 20.7 Å². The zero-order valence-corrected chi connectivity index (χ0v) is 16.2. The van der Waals surface area contributed by atoms with E-state index in [0.29, 0.717) is 22.9 Å². The summed E-state index contributed by atoms with van der Waals surface area (Å²) in [6.45, 7) is 4.36. The number of nitrogens with two attached hydrogens (primary N) is 1. The van der Waals surface area contributed by atoms with Crippen LogP contribution in [0.4, 0.5) is 11.4 Å². The van der Waals surface area contributed by atoms with Gasteiger partial charge in [-0.15, -0.1) is 11.3 Å². The molecule has 1 aromatic carbocycles. The molecule has 3 aromatic rings. The van der Waals surface area contributed by atoms with E-state index < -0.39 is 0 Å². The van der Waals surface area contributed by atoms with Crippen molar-refractivity contribution >= 4 is 38.8 Å². The fourth-order valence-corrected chi connectivity index (χ4v) is 4.32. The second kappa shape index (κ2) is 7.17. The summed E-state index contributed by atoms with van der Waals surface area (Å²) >= 11 is 1.35. The van der Waals surface area contributed by atoms with Gasteiger partial charge in [0.15, 0.2) is 0 Å². The average molecular weight is 382 g/mol. The van der Waals surface area contributed by atoms with E-state index in [2.05, 4.69) is 23.3 Å². The summed E-state index contributed by atoms with van der Waals surface area (Å²) in [7, 11) is 2.10. The van der Waals surface area contributed by atoms with Crippen LogP contribution in [0.2, 0.25) is 0 Å². The van der Waals surface area contributed by atoms with Crippen LogP contribution >= 0.6 is 11.3 Å². The Bertz CT molecular complexity index is 1010. The Hall–Kier alpha value is -2.64. The number of pyridine rings is 1. The molecule has 3 N–H and O–H groups in total. The van der Waals surface area contributed by atoms with Gasteiger partial charge >= 0.3 is 0 Å². The minimum Gasteiger partial charge on any atom is -0.494 e. The van der Waals surface area contributed by atoms with Crippen LogP contribution in [-0.2, 0) is 13.0 Å². The first-order chi connectivity index (χ1) is 13.0. The molecule has 0 unspecified atom stereocenters. The van der Waals surface area contributed by atoms with Gasteiger partial charge in [0.05, 0.1) is 12.3 Å². The first-order valence-corrected chi connectivity index (χ1v) is 9.80. The Morgan fingerprint density at radius 1 is 1.41 bits per heavy atom. The SMILES string of the molecule is CCOc1cccc(NC(=O)c2sc3nc4c(cc3c2N)CN(C)CC4)c1. The number of rotatable bonds is 4. The molecule has 1 aliphatic rings. The molecule has 1 amide bonds. The number of likely N-dealkylation sites (N-methyl/N-ethyl adjacent to an activating group) is 1. The Balaban J connectivity index is 1.64. The number of hydrogen-bond acceptors (Lipinski definition) is 6. The third kappa shape index (κ3) is 3.48. The van der Waals surface area contributed by atoms with Crippen molar-refractivity contribution in [1.29, 1.82) is 0 Å². The quantitative estimate of drug-likeness (QED) is 0.722. The number of carbonyl (C=O) groups excluding carboxylic acids is 1. The molecule has 1 aliphatic heterocycles. The zero-order chi connectivity index (χ0) is 19.0. The van der Waals surface area contributed by atoms with Crippen LogP contribution in [0.5, 0.6) is 5.75 Å². The van der Waals surface area contributed by atoms with Crippen molar-refractivity contribution in [2.45, 2.75) is 19.9 Å². The molecule has 4 rings (SSSR count). The number of nitrogens with zero attached hydrogens (tertiary/aromatic N) is 2. The Morgan fingerprint density at radius 2 is 2.26 bits per heavy atom. The topological polar surface area (TPSA) is 80.5 Å².